The number of aromatic hydroxyl groups is 2. The first kappa shape index (κ1) is 16.0. The van der Waals surface area contributed by atoms with E-state index in [1.165, 1.54) is 0 Å². The molecule has 4 nitrogen and oxygen atoms in total. The molecule has 4 rings (SSSR count). The van der Waals surface area contributed by atoms with Gasteiger partial charge in [0.1, 0.15) is 11.5 Å². The third-order valence-electron chi connectivity index (χ3n) is 4.38. The molecule has 0 saturated heterocycles. The lowest BCUT2D eigenvalue weighted by atomic mass is 10.0. The van der Waals surface area contributed by atoms with Crippen molar-refractivity contribution in [1.82, 2.24) is 9.78 Å². The molecule has 0 bridgehead atoms. The van der Waals surface area contributed by atoms with E-state index in [0.717, 1.165) is 33.8 Å². The van der Waals surface area contributed by atoms with Gasteiger partial charge >= 0.3 is 0 Å². The van der Waals surface area contributed by atoms with Crippen LogP contribution in [0, 0.1) is 6.92 Å². The van der Waals surface area contributed by atoms with Crippen LogP contribution in [0.4, 0.5) is 0 Å². The lowest BCUT2D eigenvalue weighted by Crippen LogP contribution is -1.99. The molecule has 26 heavy (non-hydrogen) atoms. The summed E-state index contributed by atoms with van der Waals surface area (Å²) in [5, 5.41) is 24.3. The summed E-state index contributed by atoms with van der Waals surface area (Å²) in [6.45, 7) is 2.02. The molecule has 0 aliphatic heterocycles. The van der Waals surface area contributed by atoms with E-state index in [1.54, 1.807) is 24.3 Å². The van der Waals surface area contributed by atoms with E-state index in [0.29, 0.717) is 0 Å². The van der Waals surface area contributed by atoms with Crippen molar-refractivity contribution in [3.63, 3.8) is 0 Å². The molecule has 2 N–H and O–H groups in total. The summed E-state index contributed by atoms with van der Waals surface area (Å²) in [5.41, 5.74) is 5.54. The number of benzene rings is 3. The Morgan fingerprint density at radius 2 is 1.46 bits per heavy atom. The Labute approximate surface area is 151 Å². The van der Waals surface area contributed by atoms with Gasteiger partial charge in [0.25, 0.3) is 0 Å². The van der Waals surface area contributed by atoms with Crippen LogP contribution in [-0.2, 0) is 0 Å². The summed E-state index contributed by atoms with van der Waals surface area (Å²) in [6.07, 6.45) is 0. The van der Waals surface area contributed by atoms with Crippen molar-refractivity contribution in [2.75, 3.05) is 0 Å². The number of rotatable bonds is 3. The van der Waals surface area contributed by atoms with Crippen molar-refractivity contribution in [3.05, 3.63) is 84.4 Å². The van der Waals surface area contributed by atoms with Crippen LogP contribution in [0.3, 0.4) is 0 Å². The minimum atomic E-state index is 0.211. The minimum Gasteiger partial charge on any atom is -0.508 e. The van der Waals surface area contributed by atoms with Crippen molar-refractivity contribution in [2.24, 2.45) is 0 Å². The van der Waals surface area contributed by atoms with Crippen LogP contribution in [0.5, 0.6) is 11.5 Å². The Bertz CT molecular complexity index is 1050. The molecule has 4 heteroatoms. The van der Waals surface area contributed by atoms with E-state index in [2.05, 4.69) is 0 Å². The number of phenolic OH excluding ortho intramolecular Hbond substituents is 2. The van der Waals surface area contributed by atoms with Gasteiger partial charge < -0.3 is 10.2 Å². The molecule has 0 aliphatic carbocycles. The second-order valence-electron chi connectivity index (χ2n) is 6.17. The Morgan fingerprint density at radius 1 is 0.731 bits per heavy atom. The van der Waals surface area contributed by atoms with Crippen molar-refractivity contribution < 1.29 is 10.2 Å². The standard InChI is InChI=1S/C22H18N2O2/c1-15-21(17-6-5-9-20(26)14-17)23-24(18-7-3-2-4-8-18)22(15)16-10-12-19(25)13-11-16/h2-14,25-26H,1H3. The van der Waals surface area contributed by atoms with E-state index in [4.69, 9.17) is 5.10 Å². The van der Waals surface area contributed by atoms with Crippen molar-refractivity contribution in [3.8, 4) is 39.7 Å². The third-order valence-corrected chi connectivity index (χ3v) is 4.38. The summed E-state index contributed by atoms with van der Waals surface area (Å²) >= 11 is 0. The average molecular weight is 342 g/mol. The van der Waals surface area contributed by atoms with Gasteiger partial charge in [0.05, 0.1) is 17.1 Å². The first-order chi connectivity index (χ1) is 12.6. The van der Waals surface area contributed by atoms with Crippen LogP contribution in [-0.4, -0.2) is 20.0 Å². The van der Waals surface area contributed by atoms with Gasteiger partial charge in [0.15, 0.2) is 0 Å². The van der Waals surface area contributed by atoms with E-state index in [1.807, 2.05) is 66.2 Å². The fourth-order valence-corrected chi connectivity index (χ4v) is 3.14. The minimum absolute atomic E-state index is 0.211. The van der Waals surface area contributed by atoms with E-state index >= 15 is 0 Å². The highest BCUT2D eigenvalue weighted by Gasteiger charge is 2.18. The highest BCUT2D eigenvalue weighted by atomic mass is 16.3. The highest BCUT2D eigenvalue weighted by molar-refractivity contribution is 5.76. The van der Waals surface area contributed by atoms with Gasteiger partial charge in [0, 0.05) is 16.7 Å². The lowest BCUT2D eigenvalue weighted by Gasteiger charge is -2.08. The fourth-order valence-electron chi connectivity index (χ4n) is 3.14. The maximum Gasteiger partial charge on any atom is 0.116 e. The summed E-state index contributed by atoms with van der Waals surface area (Å²) in [7, 11) is 0. The Hall–Kier alpha value is -3.53. The summed E-state index contributed by atoms with van der Waals surface area (Å²) in [5.74, 6) is 0.438. The smallest absolute Gasteiger partial charge is 0.116 e. The lowest BCUT2D eigenvalue weighted by molar-refractivity contribution is 0.475. The average Bonchev–Trinajstić information content (AvgIpc) is 3.00. The van der Waals surface area contributed by atoms with Crippen LogP contribution in [0.2, 0.25) is 0 Å². The Balaban J connectivity index is 1.98. The Morgan fingerprint density at radius 3 is 2.15 bits per heavy atom. The van der Waals surface area contributed by atoms with Crippen molar-refractivity contribution in [2.45, 2.75) is 6.92 Å². The predicted molar refractivity (Wildman–Crippen MR) is 103 cm³/mol. The van der Waals surface area contributed by atoms with Gasteiger partial charge in [-0.1, -0.05) is 30.3 Å². The highest BCUT2D eigenvalue weighted by Crippen LogP contribution is 2.35. The zero-order valence-electron chi connectivity index (χ0n) is 14.3. The largest absolute Gasteiger partial charge is 0.508 e. The fraction of sp³-hybridized carbons (Fsp3) is 0.0455. The summed E-state index contributed by atoms with van der Waals surface area (Å²) in [6, 6.07) is 24.1. The van der Waals surface area contributed by atoms with Crippen LogP contribution in [0.25, 0.3) is 28.2 Å². The van der Waals surface area contributed by atoms with Gasteiger partial charge in [-0.2, -0.15) is 5.10 Å². The molecule has 0 saturated carbocycles. The van der Waals surface area contributed by atoms with Crippen molar-refractivity contribution in [1.29, 1.82) is 0 Å². The predicted octanol–water partition coefficient (Wildman–Crippen LogP) is 4.93. The van der Waals surface area contributed by atoms with Crippen LogP contribution < -0.4 is 0 Å². The van der Waals surface area contributed by atoms with E-state index in [-0.39, 0.29) is 11.5 Å². The number of para-hydroxylation sites is 1. The van der Waals surface area contributed by atoms with Gasteiger partial charge in [-0.05, 0) is 55.5 Å². The molecular formula is C22H18N2O2. The van der Waals surface area contributed by atoms with Crippen LogP contribution in [0.1, 0.15) is 5.56 Å². The molecule has 0 fully saturated rings. The van der Waals surface area contributed by atoms with Gasteiger partial charge in [0.2, 0.25) is 0 Å². The zero-order valence-corrected chi connectivity index (χ0v) is 14.3. The number of aromatic nitrogens is 2. The number of hydrogen-bond donors (Lipinski definition) is 2. The molecule has 3 aromatic carbocycles. The maximum absolute atomic E-state index is 9.84. The van der Waals surface area contributed by atoms with E-state index < -0.39 is 0 Å². The number of hydrogen-bond acceptors (Lipinski definition) is 3. The quantitative estimate of drug-likeness (QED) is 0.555. The molecule has 0 radical (unpaired) electrons. The molecule has 0 aliphatic rings. The van der Waals surface area contributed by atoms with E-state index in [9.17, 15) is 10.2 Å². The Kier molecular flexibility index (Phi) is 3.93. The second kappa shape index (κ2) is 6.41. The molecule has 0 amide bonds. The maximum atomic E-state index is 9.84. The zero-order chi connectivity index (χ0) is 18.1. The monoisotopic (exact) mass is 342 g/mol. The molecule has 1 aromatic heterocycles. The molecule has 128 valence electrons. The number of phenols is 2. The molecule has 1 heterocycles. The first-order valence-electron chi connectivity index (χ1n) is 8.37. The van der Waals surface area contributed by atoms with Gasteiger partial charge in [-0.3, -0.25) is 0 Å². The van der Waals surface area contributed by atoms with Crippen LogP contribution >= 0.6 is 0 Å². The molecule has 0 unspecified atom stereocenters. The van der Waals surface area contributed by atoms with Gasteiger partial charge in [-0.25, -0.2) is 4.68 Å². The molecule has 0 spiro atoms. The van der Waals surface area contributed by atoms with Crippen LogP contribution in [0.15, 0.2) is 78.9 Å². The summed E-state index contributed by atoms with van der Waals surface area (Å²) < 4.78 is 1.90. The SMILES string of the molecule is Cc1c(-c2cccc(O)c2)nn(-c2ccccc2)c1-c1ccc(O)cc1. The van der Waals surface area contributed by atoms with Crippen molar-refractivity contribution >= 4 is 0 Å². The first-order valence-corrected chi connectivity index (χ1v) is 8.37. The topological polar surface area (TPSA) is 58.3 Å². The molecule has 0 atom stereocenters. The normalized spacial score (nSPS) is 10.8. The summed E-state index contributed by atoms with van der Waals surface area (Å²) in [4.78, 5) is 0. The molecular weight excluding hydrogens is 324 g/mol. The van der Waals surface area contributed by atoms with Gasteiger partial charge in [-0.15, -0.1) is 0 Å². The third kappa shape index (κ3) is 2.82. The second-order valence-corrected chi connectivity index (χ2v) is 6.17. The molecule has 4 aromatic rings. The number of nitrogens with zero attached hydrogens (tertiary/aromatic N) is 2.